The molecule has 0 N–H and O–H groups in total. The van der Waals surface area contributed by atoms with E-state index in [2.05, 4.69) is 18.7 Å². The fourth-order valence-corrected chi connectivity index (χ4v) is 2.56. The van der Waals surface area contributed by atoms with E-state index in [9.17, 15) is 4.79 Å². The minimum Gasteiger partial charge on any atom is -0.457 e. The molecule has 0 saturated carbocycles. The first-order valence-corrected chi connectivity index (χ1v) is 6.98. The molecule has 0 spiro atoms. The van der Waals surface area contributed by atoms with Gasteiger partial charge in [-0.15, -0.1) is 11.3 Å². The van der Waals surface area contributed by atoms with Crippen molar-refractivity contribution in [1.29, 1.82) is 0 Å². The lowest BCUT2D eigenvalue weighted by atomic mass is 10.2. The lowest BCUT2D eigenvalue weighted by Crippen LogP contribution is -2.26. The van der Waals surface area contributed by atoms with Gasteiger partial charge in [-0.05, 0) is 24.5 Å². The Kier molecular flexibility index (Phi) is 6.22. The lowest BCUT2D eigenvalue weighted by Gasteiger charge is -2.22. The maximum Gasteiger partial charge on any atom is 0.303 e. The standard InChI is InChI=1S/C13H21NO2S/c1-4-14(5-2)9-8-12(16-11(3)15)13-7-6-10-17-13/h6-7,10,12H,4-5,8-9H2,1-3H3. The number of carbonyl (C=O) groups is 1. The van der Waals surface area contributed by atoms with E-state index < -0.39 is 0 Å². The third-order valence-corrected chi connectivity index (χ3v) is 3.74. The van der Waals surface area contributed by atoms with Gasteiger partial charge in [-0.1, -0.05) is 19.9 Å². The van der Waals surface area contributed by atoms with E-state index in [4.69, 9.17) is 4.74 Å². The highest BCUT2D eigenvalue weighted by Crippen LogP contribution is 2.26. The zero-order valence-corrected chi connectivity index (χ0v) is 11.6. The monoisotopic (exact) mass is 255 g/mol. The molecule has 3 nitrogen and oxygen atoms in total. The van der Waals surface area contributed by atoms with Crippen LogP contribution in [0.25, 0.3) is 0 Å². The Bertz CT molecular complexity index is 320. The number of hydrogen-bond donors (Lipinski definition) is 0. The zero-order valence-electron chi connectivity index (χ0n) is 10.8. The number of hydrogen-bond acceptors (Lipinski definition) is 4. The van der Waals surface area contributed by atoms with Gasteiger partial charge in [0, 0.05) is 24.8 Å². The van der Waals surface area contributed by atoms with E-state index in [1.807, 2.05) is 17.5 Å². The maximum absolute atomic E-state index is 11.1. The van der Waals surface area contributed by atoms with Gasteiger partial charge in [0.2, 0.25) is 0 Å². The van der Waals surface area contributed by atoms with Crippen LogP contribution in [0.3, 0.4) is 0 Å². The Morgan fingerprint density at radius 2 is 2.18 bits per heavy atom. The zero-order chi connectivity index (χ0) is 12.7. The summed E-state index contributed by atoms with van der Waals surface area (Å²) in [4.78, 5) is 14.6. The molecule has 0 saturated heterocycles. The second-order valence-electron chi connectivity index (χ2n) is 3.93. The molecule has 1 aromatic rings. The molecule has 0 aromatic carbocycles. The van der Waals surface area contributed by atoms with Crippen molar-refractivity contribution < 1.29 is 9.53 Å². The summed E-state index contributed by atoms with van der Waals surface area (Å²) < 4.78 is 5.38. The van der Waals surface area contributed by atoms with Gasteiger partial charge in [-0.25, -0.2) is 0 Å². The van der Waals surface area contributed by atoms with Crippen molar-refractivity contribution in [3.8, 4) is 0 Å². The van der Waals surface area contributed by atoms with Crippen LogP contribution >= 0.6 is 11.3 Å². The van der Waals surface area contributed by atoms with Gasteiger partial charge in [0.1, 0.15) is 6.10 Å². The number of nitrogens with zero attached hydrogens (tertiary/aromatic N) is 1. The number of rotatable bonds is 7. The topological polar surface area (TPSA) is 29.5 Å². The number of carbonyl (C=O) groups excluding carboxylic acids is 1. The molecule has 0 amide bonds. The van der Waals surface area contributed by atoms with Crippen molar-refractivity contribution in [3.05, 3.63) is 22.4 Å². The SMILES string of the molecule is CCN(CC)CCC(OC(C)=O)c1cccs1. The van der Waals surface area contributed by atoms with Gasteiger partial charge in [-0.3, -0.25) is 4.79 Å². The highest BCUT2D eigenvalue weighted by atomic mass is 32.1. The molecule has 1 atom stereocenters. The molecule has 1 rings (SSSR count). The van der Waals surface area contributed by atoms with Gasteiger partial charge < -0.3 is 9.64 Å². The fraction of sp³-hybridized carbons (Fsp3) is 0.615. The summed E-state index contributed by atoms with van der Waals surface area (Å²) in [6.45, 7) is 8.80. The molecule has 1 heterocycles. The number of ether oxygens (including phenoxy) is 1. The van der Waals surface area contributed by atoms with Crippen LogP contribution in [0, 0.1) is 0 Å². The van der Waals surface area contributed by atoms with Crippen molar-refractivity contribution in [1.82, 2.24) is 4.90 Å². The van der Waals surface area contributed by atoms with Crippen LogP contribution in [0.15, 0.2) is 17.5 Å². The predicted octanol–water partition coefficient (Wildman–Crippen LogP) is 3.08. The van der Waals surface area contributed by atoms with Crippen LogP contribution in [0.2, 0.25) is 0 Å². The summed E-state index contributed by atoms with van der Waals surface area (Å²) in [7, 11) is 0. The highest BCUT2D eigenvalue weighted by Gasteiger charge is 2.16. The quantitative estimate of drug-likeness (QED) is 0.701. The molecule has 17 heavy (non-hydrogen) atoms. The van der Waals surface area contributed by atoms with E-state index in [0.29, 0.717) is 0 Å². The summed E-state index contributed by atoms with van der Waals surface area (Å²) in [6.07, 6.45) is 0.773. The van der Waals surface area contributed by atoms with E-state index in [1.165, 1.54) is 6.92 Å². The van der Waals surface area contributed by atoms with Crippen LogP contribution < -0.4 is 0 Å². The van der Waals surface area contributed by atoms with Gasteiger partial charge >= 0.3 is 5.97 Å². The normalized spacial score (nSPS) is 12.7. The molecule has 96 valence electrons. The predicted molar refractivity (Wildman–Crippen MR) is 71.2 cm³/mol. The molecule has 0 fully saturated rings. The maximum atomic E-state index is 11.1. The van der Waals surface area contributed by atoms with Gasteiger partial charge in [0.05, 0.1) is 0 Å². The lowest BCUT2D eigenvalue weighted by molar-refractivity contribution is -0.147. The summed E-state index contributed by atoms with van der Waals surface area (Å²) in [5, 5.41) is 2.02. The van der Waals surface area contributed by atoms with Crippen molar-refractivity contribution >= 4 is 17.3 Å². The summed E-state index contributed by atoms with van der Waals surface area (Å²) in [5.74, 6) is -0.206. The molecular formula is C13H21NO2S. The first-order chi connectivity index (χ1) is 8.17. The van der Waals surface area contributed by atoms with Crippen LogP contribution in [0.5, 0.6) is 0 Å². The Morgan fingerprint density at radius 1 is 1.47 bits per heavy atom. The Labute approximate surface area is 107 Å². The average molecular weight is 255 g/mol. The van der Waals surface area contributed by atoms with Crippen molar-refractivity contribution in [2.45, 2.75) is 33.3 Å². The first kappa shape index (κ1) is 14.2. The van der Waals surface area contributed by atoms with E-state index >= 15 is 0 Å². The molecule has 0 aliphatic carbocycles. The minimum atomic E-state index is -0.206. The molecule has 1 aromatic heterocycles. The van der Waals surface area contributed by atoms with Crippen LogP contribution in [-0.2, 0) is 9.53 Å². The van der Waals surface area contributed by atoms with Crippen molar-refractivity contribution in [2.24, 2.45) is 0 Å². The van der Waals surface area contributed by atoms with E-state index in [0.717, 1.165) is 30.9 Å². The molecule has 4 heteroatoms. The average Bonchev–Trinajstić information content (AvgIpc) is 2.81. The van der Waals surface area contributed by atoms with E-state index in [1.54, 1.807) is 11.3 Å². The van der Waals surface area contributed by atoms with Gasteiger partial charge in [-0.2, -0.15) is 0 Å². The fourth-order valence-electron chi connectivity index (χ4n) is 1.77. The Morgan fingerprint density at radius 3 is 2.65 bits per heavy atom. The minimum absolute atomic E-state index is 0.0897. The summed E-state index contributed by atoms with van der Waals surface area (Å²) in [6, 6.07) is 4.02. The molecule has 0 bridgehead atoms. The molecule has 0 radical (unpaired) electrons. The van der Waals surface area contributed by atoms with Crippen LogP contribution in [-0.4, -0.2) is 30.5 Å². The number of esters is 1. The second-order valence-corrected chi connectivity index (χ2v) is 4.91. The van der Waals surface area contributed by atoms with E-state index in [-0.39, 0.29) is 12.1 Å². The Balaban J connectivity index is 2.55. The largest absolute Gasteiger partial charge is 0.457 e. The van der Waals surface area contributed by atoms with Crippen molar-refractivity contribution in [3.63, 3.8) is 0 Å². The molecule has 1 unspecified atom stereocenters. The summed E-state index contributed by atoms with van der Waals surface area (Å²) in [5.41, 5.74) is 0. The molecule has 0 aliphatic heterocycles. The second kappa shape index (κ2) is 7.45. The smallest absolute Gasteiger partial charge is 0.303 e. The number of thiophene rings is 1. The van der Waals surface area contributed by atoms with Gasteiger partial charge in [0.15, 0.2) is 0 Å². The summed E-state index contributed by atoms with van der Waals surface area (Å²) >= 11 is 1.64. The Hall–Kier alpha value is -0.870. The van der Waals surface area contributed by atoms with Crippen molar-refractivity contribution in [2.75, 3.05) is 19.6 Å². The molecular weight excluding hydrogens is 234 g/mol. The van der Waals surface area contributed by atoms with Crippen LogP contribution in [0.1, 0.15) is 38.2 Å². The highest BCUT2D eigenvalue weighted by molar-refractivity contribution is 7.10. The third kappa shape index (κ3) is 4.88. The van der Waals surface area contributed by atoms with Gasteiger partial charge in [0.25, 0.3) is 0 Å². The van der Waals surface area contributed by atoms with Crippen LogP contribution in [0.4, 0.5) is 0 Å². The third-order valence-electron chi connectivity index (χ3n) is 2.77. The first-order valence-electron chi connectivity index (χ1n) is 6.10. The molecule has 0 aliphatic rings.